The molecular formula is C24H39N2+. The first-order valence-corrected chi connectivity index (χ1v) is 10.9. The van der Waals surface area contributed by atoms with E-state index in [1.165, 1.54) is 82.1 Å². The Bertz CT molecular complexity index is 586. The summed E-state index contributed by atoms with van der Waals surface area (Å²) in [6.07, 6.45) is 19.7. The van der Waals surface area contributed by atoms with Gasteiger partial charge in [0.2, 0.25) is 0 Å². The van der Waals surface area contributed by atoms with Crippen LogP contribution in [0.5, 0.6) is 0 Å². The van der Waals surface area contributed by atoms with Crippen LogP contribution in [0.4, 0.5) is 0 Å². The maximum atomic E-state index is 2.43. The summed E-state index contributed by atoms with van der Waals surface area (Å²) in [4.78, 5) is 0. The first-order chi connectivity index (χ1) is 12.8. The number of nitrogens with zero attached hydrogens (tertiary/aromatic N) is 2. The Morgan fingerprint density at radius 2 is 1.42 bits per heavy atom. The Kier molecular flexibility index (Phi) is 10.2. The topological polar surface area (TPSA) is 8.81 Å². The van der Waals surface area contributed by atoms with Gasteiger partial charge in [0.05, 0.1) is 13.1 Å². The second kappa shape index (κ2) is 12.7. The standard InChI is InChI=1S/C24H39N2/c1-3-4-5-6-7-8-9-10-11-15-19-25-21-22-26(23(25)2)20-18-24-16-13-12-14-17-24/h12-14,16-17,21-22H,3-11,15,18-20H2,1-2H3/q+1. The molecule has 0 N–H and O–H groups in total. The molecule has 26 heavy (non-hydrogen) atoms. The van der Waals surface area contributed by atoms with Gasteiger partial charge in [-0.05, 0) is 18.4 Å². The van der Waals surface area contributed by atoms with E-state index in [9.17, 15) is 0 Å². The zero-order valence-electron chi connectivity index (χ0n) is 17.1. The van der Waals surface area contributed by atoms with Crippen LogP contribution in [0.25, 0.3) is 0 Å². The van der Waals surface area contributed by atoms with E-state index in [-0.39, 0.29) is 0 Å². The van der Waals surface area contributed by atoms with Gasteiger partial charge in [0.25, 0.3) is 5.82 Å². The molecule has 0 atom stereocenters. The molecule has 1 heterocycles. The zero-order valence-corrected chi connectivity index (χ0v) is 17.1. The molecule has 2 rings (SSSR count). The Hall–Kier alpha value is -1.57. The summed E-state index contributed by atoms with van der Waals surface area (Å²) in [5, 5.41) is 0. The maximum Gasteiger partial charge on any atom is 0.253 e. The first kappa shape index (κ1) is 20.7. The van der Waals surface area contributed by atoms with Crippen molar-refractivity contribution >= 4 is 0 Å². The van der Waals surface area contributed by atoms with E-state index in [4.69, 9.17) is 0 Å². The third-order valence-corrected chi connectivity index (χ3v) is 5.49. The Morgan fingerprint density at radius 1 is 0.808 bits per heavy atom. The van der Waals surface area contributed by atoms with Crippen molar-refractivity contribution in [3.8, 4) is 0 Å². The van der Waals surface area contributed by atoms with Crippen LogP contribution in [-0.2, 0) is 19.5 Å². The van der Waals surface area contributed by atoms with Gasteiger partial charge in [-0.1, -0.05) is 88.6 Å². The monoisotopic (exact) mass is 355 g/mol. The zero-order chi connectivity index (χ0) is 18.5. The van der Waals surface area contributed by atoms with E-state index >= 15 is 0 Å². The Balaban J connectivity index is 1.56. The normalized spacial score (nSPS) is 11.2. The molecule has 0 spiro atoms. The van der Waals surface area contributed by atoms with Gasteiger partial charge in [0, 0.05) is 13.3 Å². The van der Waals surface area contributed by atoms with Crippen LogP contribution >= 0.6 is 0 Å². The molecule has 0 amide bonds. The van der Waals surface area contributed by atoms with Crippen molar-refractivity contribution < 1.29 is 4.57 Å². The van der Waals surface area contributed by atoms with Crippen molar-refractivity contribution in [2.45, 2.75) is 97.6 Å². The van der Waals surface area contributed by atoms with Crippen LogP contribution in [0, 0.1) is 6.92 Å². The number of hydrogen-bond donors (Lipinski definition) is 0. The third-order valence-electron chi connectivity index (χ3n) is 5.49. The minimum Gasteiger partial charge on any atom is -0.234 e. The highest BCUT2D eigenvalue weighted by Gasteiger charge is 2.11. The van der Waals surface area contributed by atoms with E-state index in [0.29, 0.717) is 0 Å². The number of aromatic nitrogens is 2. The maximum absolute atomic E-state index is 2.43. The van der Waals surface area contributed by atoms with Gasteiger partial charge < -0.3 is 0 Å². The second-order valence-electron chi connectivity index (χ2n) is 7.65. The summed E-state index contributed by atoms with van der Waals surface area (Å²) in [7, 11) is 0. The smallest absolute Gasteiger partial charge is 0.234 e. The number of imidazole rings is 1. The van der Waals surface area contributed by atoms with E-state index < -0.39 is 0 Å². The molecule has 144 valence electrons. The van der Waals surface area contributed by atoms with Crippen LogP contribution < -0.4 is 4.57 Å². The Morgan fingerprint density at radius 3 is 2.08 bits per heavy atom. The summed E-state index contributed by atoms with van der Waals surface area (Å²) < 4.78 is 4.82. The lowest BCUT2D eigenvalue weighted by Gasteiger charge is -2.03. The van der Waals surface area contributed by atoms with Gasteiger partial charge in [0.1, 0.15) is 12.4 Å². The number of benzene rings is 1. The van der Waals surface area contributed by atoms with Crippen molar-refractivity contribution in [3.63, 3.8) is 0 Å². The summed E-state index contributed by atoms with van der Waals surface area (Å²) in [5.41, 5.74) is 1.42. The molecule has 0 fully saturated rings. The molecule has 0 saturated heterocycles. The molecular weight excluding hydrogens is 316 g/mol. The fraction of sp³-hybridized carbons (Fsp3) is 0.625. The predicted octanol–water partition coefficient (Wildman–Crippen LogP) is 6.25. The molecule has 1 aromatic heterocycles. The fourth-order valence-electron chi connectivity index (χ4n) is 3.68. The summed E-state index contributed by atoms with van der Waals surface area (Å²) in [6.45, 7) is 6.78. The van der Waals surface area contributed by atoms with Crippen LogP contribution in [0.2, 0.25) is 0 Å². The average Bonchev–Trinajstić information content (AvgIpc) is 3.02. The molecule has 1 aromatic carbocycles. The van der Waals surface area contributed by atoms with Crippen LogP contribution in [0.1, 0.15) is 82.5 Å². The predicted molar refractivity (Wildman–Crippen MR) is 111 cm³/mol. The van der Waals surface area contributed by atoms with E-state index in [1.54, 1.807) is 0 Å². The highest BCUT2D eigenvalue weighted by molar-refractivity contribution is 5.14. The van der Waals surface area contributed by atoms with Crippen LogP contribution in [0.3, 0.4) is 0 Å². The Labute approximate surface area is 161 Å². The summed E-state index contributed by atoms with van der Waals surface area (Å²) in [6, 6.07) is 10.8. The van der Waals surface area contributed by atoms with Gasteiger partial charge in [-0.25, -0.2) is 9.13 Å². The van der Waals surface area contributed by atoms with E-state index in [2.05, 4.69) is 65.7 Å². The lowest BCUT2D eigenvalue weighted by Crippen LogP contribution is -2.35. The molecule has 2 heteroatoms. The van der Waals surface area contributed by atoms with Crippen molar-refractivity contribution in [2.24, 2.45) is 0 Å². The molecule has 0 aliphatic carbocycles. The largest absolute Gasteiger partial charge is 0.253 e. The lowest BCUT2D eigenvalue weighted by atomic mass is 10.1. The number of rotatable bonds is 14. The minimum absolute atomic E-state index is 1.07. The number of hydrogen-bond acceptors (Lipinski definition) is 0. The molecule has 0 unspecified atom stereocenters. The second-order valence-corrected chi connectivity index (χ2v) is 7.65. The molecule has 2 nitrogen and oxygen atoms in total. The fourth-order valence-corrected chi connectivity index (χ4v) is 3.68. The van der Waals surface area contributed by atoms with Gasteiger partial charge in [-0.2, -0.15) is 0 Å². The van der Waals surface area contributed by atoms with E-state index in [0.717, 1.165) is 13.0 Å². The average molecular weight is 356 g/mol. The molecule has 2 aromatic rings. The van der Waals surface area contributed by atoms with Gasteiger partial charge >= 0.3 is 0 Å². The van der Waals surface area contributed by atoms with Crippen LogP contribution in [0.15, 0.2) is 42.7 Å². The molecule has 0 radical (unpaired) electrons. The highest BCUT2D eigenvalue weighted by Crippen LogP contribution is 2.10. The summed E-state index contributed by atoms with van der Waals surface area (Å²) in [5.74, 6) is 1.39. The van der Waals surface area contributed by atoms with Gasteiger partial charge in [-0.3, -0.25) is 0 Å². The minimum atomic E-state index is 1.07. The molecule has 0 bridgehead atoms. The summed E-state index contributed by atoms with van der Waals surface area (Å²) >= 11 is 0. The van der Waals surface area contributed by atoms with Crippen molar-refractivity contribution in [3.05, 3.63) is 54.1 Å². The highest BCUT2D eigenvalue weighted by atomic mass is 15.1. The quantitative estimate of drug-likeness (QED) is 0.280. The molecule has 0 aliphatic heterocycles. The van der Waals surface area contributed by atoms with Crippen molar-refractivity contribution in [1.29, 1.82) is 0 Å². The SMILES string of the molecule is CCCCCCCCCCCC[n+]1ccn(CCc2ccccc2)c1C. The van der Waals surface area contributed by atoms with Crippen molar-refractivity contribution in [2.75, 3.05) is 0 Å². The molecule has 0 saturated carbocycles. The van der Waals surface area contributed by atoms with Gasteiger partial charge in [0.15, 0.2) is 0 Å². The van der Waals surface area contributed by atoms with E-state index in [1.807, 2.05) is 0 Å². The number of unbranched alkanes of at least 4 members (excludes halogenated alkanes) is 9. The first-order valence-electron chi connectivity index (χ1n) is 10.9. The van der Waals surface area contributed by atoms with Crippen molar-refractivity contribution in [1.82, 2.24) is 4.57 Å². The molecule has 0 aliphatic rings. The lowest BCUT2D eigenvalue weighted by molar-refractivity contribution is -0.702. The number of aryl methyl sites for hydroxylation is 3. The van der Waals surface area contributed by atoms with Crippen LogP contribution in [-0.4, -0.2) is 4.57 Å². The van der Waals surface area contributed by atoms with Gasteiger partial charge in [-0.15, -0.1) is 0 Å². The third kappa shape index (κ3) is 7.76.